The average molecular weight is 459 g/mol. The number of rotatable bonds is 8. The highest BCUT2D eigenvalue weighted by Gasteiger charge is 2.27. The maximum Gasteiger partial charge on any atom is 0.251 e. The Morgan fingerprint density at radius 3 is 2.65 bits per heavy atom. The average Bonchev–Trinajstić information content (AvgIpc) is 3.25. The first kappa shape index (κ1) is 22.7. The molecule has 31 heavy (non-hydrogen) atoms. The summed E-state index contributed by atoms with van der Waals surface area (Å²) < 4.78 is 5.24. The molecule has 2 amide bonds. The molecule has 7 nitrogen and oxygen atoms in total. The number of amides is 2. The molecule has 2 aromatic carbocycles. The van der Waals surface area contributed by atoms with Crippen LogP contribution in [0.5, 0.6) is 5.75 Å². The molecule has 2 N–H and O–H groups in total. The van der Waals surface area contributed by atoms with E-state index in [0.29, 0.717) is 32.9 Å². The lowest BCUT2D eigenvalue weighted by molar-refractivity contribution is -0.119. The summed E-state index contributed by atoms with van der Waals surface area (Å²) >= 11 is 7.22. The van der Waals surface area contributed by atoms with Gasteiger partial charge in [0, 0.05) is 16.1 Å². The minimum Gasteiger partial charge on any atom is -0.497 e. The van der Waals surface area contributed by atoms with Crippen molar-refractivity contribution in [2.45, 2.75) is 26.3 Å². The SMILES string of the molecule is CCC(C)C(NC(=O)c1cccc(Cl)c1)C(=O)Nc1nnc(-c2cccc(OC)c2)s1. The summed E-state index contributed by atoms with van der Waals surface area (Å²) in [5.74, 6) is -0.0943. The largest absolute Gasteiger partial charge is 0.497 e. The van der Waals surface area contributed by atoms with E-state index in [1.54, 1.807) is 31.4 Å². The number of benzene rings is 2. The number of carbonyl (C=O) groups is 2. The molecule has 0 saturated carbocycles. The zero-order valence-electron chi connectivity index (χ0n) is 17.4. The van der Waals surface area contributed by atoms with Crippen LogP contribution >= 0.6 is 22.9 Å². The van der Waals surface area contributed by atoms with Crippen LogP contribution < -0.4 is 15.4 Å². The molecular formula is C22H23ClN4O3S. The lowest BCUT2D eigenvalue weighted by atomic mass is 9.98. The van der Waals surface area contributed by atoms with Crippen molar-refractivity contribution in [2.24, 2.45) is 5.92 Å². The van der Waals surface area contributed by atoms with E-state index in [1.807, 2.05) is 38.1 Å². The monoisotopic (exact) mass is 458 g/mol. The van der Waals surface area contributed by atoms with Crippen LogP contribution in [0.4, 0.5) is 5.13 Å². The van der Waals surface area contributed by atoms with E-state index >= 15 is 0 Å². The van der Waals surface area contributed by atoms with Crippen LogP contribution in [0.15, 0.2) is 48.5 Å². The van der Waals surface area contributed by atoms with Gasteiger partial charge in [0.2, 0.25) is 11.0 Å². The number of halogens is 1. The fourth-order valence-electron chi connectivity index (χ4n) is 2.89. The molecule has 1 aromatic heterocycles. The highest BCUT2D eigenvalue weighted by Crippen LogP contribution is 2.29. The Bertz CT molecular complexity index is 1070. The Morgan fingerprint density at radius 2 is 1.94 bits per heavy atom. The molecule has 0 aliphatic carbocycles. The highest BCUT2D eigenvalue weighted by molar-refractivity contribution is 7.18. The van der Waals surface area contributed by atoms with Crippen LogP contribution in [-0.2, 0) is 4.79 Å². The van der Waals surface area contributed by atoms with Crippen molar-refractivity contribution >= 4 is 39.9 Å². The minimum absolute atomic E-state index is 0.0890. The number of methoxy groups -OCH3 is 1. The Hall–Kier alpha value is -2.97. The van der Waals surface area contributed by atoms with Gasteiger partial charge in [-0.2, -0.15) is 0 Å². The van der Waals surface area contributed by atoms with E-state index < -0.39 is 6.04 Å². The molecule has 0 aliphatic heterocycles. The van der Waals surface area contributed by atoms with Crippen molar-refractivity contribution < 1.29 is 14.3 Å². The van der Waals surface area contributed by atoms with E-state index in [-0.39, 0.29) is 17.7 Å². The standard InChI is InChI=1S/C22H23ClN4O3S/c1-4-13(2)18(24-19(28)14-7-5-9-16(23)11-14)20(29)25-22-27-26-21(31-22)15-8-6-10-17(12-15)30-3/h5-13,18H,4H2,1-3H3,(H,24,28)(H,25,27,29). The second-order valence-corrected chi connectivity index (χ2v) is 8.39. The molecule has 162 valence electrons. The van der Waals surface area contributed by atoms with E-state index in [2.05, 4.69) is 20.8 Å². The molecule has 0 aliphatic rings. The number of carbonyl (C=O) groups excluding carboxylic acids is 2. The number of aromatic nitrogens is 2. The van der Waals surface area contributed by atoms with Crippen LogP contribution in [0.3, 0.4) is 0 Å². The number of nitrogens with one attached hydrogen (secondary N) is 2. The van der Waals surface area contributed by atoms with Gasteiger partial charge in [-0.05, 0) is 36.2 Å². The fraction of sp³-hybridized carbons (Fsp3) is 0.273. The molecular weight excluding hydrogens is 436 g/mol. The van der Waals surface area contributed by atoms with Gasteiger partial charge in [0.15, 0.2) is 0 Å². The van der Waals surface area contributed by atoms with E-state index in [9.17, 15) is 9.59 Å². The molecule has 0 spiro atoms. The van der Waals surface area contributed by atoms with Gasteiger partial charge < -0.3 is 10.1 Å². The first-order valence-corrected chi connectivity index (χ1v) is 11.0. The fourth-order valence-corrected chi connectivity index (χ4v) is 3.82. The van der Waals surface area contributed by atoms with Crippen molar-refractivity contribution in [1.29, 1.82) is 0 Å². The topological polar surface area (TPSA) is 93.2 Å². The van der Waals surface area contributed by atoms with Gasteiger partial charge in [-0.1, -0.05) is 61.4 Å². The van der Waals surface area contributed by atoms with Gasteiger partial charge in [-0.15, -0.1) is 10.2 Å². The molecule has 0 radical (unpaired) electrons. The van der Waals surface area contributed by atoms with Crippen LogP contribution in [0, 0.1) is 5.92 Å². The van der Waals surface area contributed by atoms with Crippen molar-refractivity contribution in [3.8, 4) is 16.3 Å². The summed E-state index contributed by atoms with van der Waals surface area (Å²) in [5, 5.41) is 15.3. The van der Waals surface area contributed by atoms with Gasteiger partial charge >= 0.3 is 0 Å². The van der Waals surface area contributed by atoms with Crippen molar-refractivity contribution in [3.63, 3.8) is 0 Å². The molecule has 0 fully saturated rings. The first-order valence-electron chi connectivity index (χ1n) is 9.76. The van der Waals surface area contributed by atoms with Gasteiger partial charge in [-0.25, -0.2) is 0 Å². The quantitative estimate of drug-likeness (QED) is 0.512. The zero-order chi connectivity index (χ0) is 22.4. The molecule has 3 rings (SSSR count). The van der Waals surface area contributed by atoms with Crippen LogP contribution in [0.1, 0.15) is 30.6 Å². The second kappa shape index (κ2) is 10.4. The van der Waals surface area contributed by atoms with Crippen molar-refractivity contribution in [1.82, 2.24) is 15.5 Å². The Morgan fingerprint density at radius 1 is 1.16 bits per heavy atom. The van der Waals surface area contributed by atoms with E-state index in [1.165, 1.54) is 11.3 Å². The normalized spacial score (nSPS) is 12.6. The number of anilines is 1. The number of ether oxygens (including phenoxy) is 1. The summed E-state index contributed by atoms with van der Waals surface area (Å²) in [6, 6.07) is 13.3. The molecule has 2 unspecified atom stereocenters. The Kier molecular flexibility index (Phi) is 7.59. The van der Waals surface area contributed by atoms with E-state index in [4.69, 9.17) is 16.3 Å². The van der Waals surface area contributed by atoms with Gasteiger partial charge in [0.05, 0.1) is 7.11 Å². The van der Waals surface area contributed by atoms with E-state index in [0.717, 1.165) is 5.56 Å². The maximum absolute atomic E-state index is 13.0. The number of hydrogen-bond donors (Lipinski definition) is 2. The second-order valence-electron chi connectivity index (χ2n) is 6.98. The van der Waals surface area contributed by atoms with Crippen molar-refractivity contribution in [3.05, 3.63) is 59.1 Å². The summed E-state index contributed by atoms with van der Waals surface area (Å²) in [4.78, 5) is 25.6. The third kappa shape index (κ3) is 5.80. The molecule has 1 heterocycles. The Labute approximate surface area is 189 Å². The molecule has 3 aromatic rings. The smallest absolute Gasteiger partial charge is 0.251 e. The predicted molar refractivity (Wildman–Crippen MR) is 123 cm³/mol. The molecule has 2 atom stereocenters. The van der Waals surface area contributed by atoms with Gasteiger partial charge in [0.1, 0.15) is 16.8 Å². The van der Waals surface area contributed by atoms with Crippen LogP contribution in [0.2, 0.25) is 5.02 Å². The van der Waals surface area contributed by atoms with Crippen molar-refractivity contribution in [2.75, 3.05) is 12.4 Å². The summed E-state index contributed by atoms with van der Waals surface area (Å²) in [6.45, 7) is 3.87. The first-order chi connectivity index (χ1) is 14.9. The Balaban J connectivity index is 1.74. The summed E-state index contributed by atoms with van der Waals surface area (Å²) in [5.41, 5.74) is 1.23. The summed E-state index contributed by atoms with van der Waals surface area (Å²) in [6.07, 6.45) is 0.707. The minimum atomic E-state index is -0.736. The molecule has 0 bridgehead atoms. The zero-order valence-corrected chi connectivity index (χ0v) is 19.0. The lowest BCUT2D eigenvalue weighted by Crippen LogP contribution is -2.47. The molecule has 0 saturated heterocycles. The number of hydrogen-bond acceptors (Lipinski definition) is 6. The predicted octanol–water partition coefficient (Wildman–Crippen LogP) is 4.65. The summed E-state index contributed by atoms with van der Waals surface area (Å²) in [7, 11) is 1.59. The van der Waals surface area contributed by atoms with Gasteiger partial charge in [-0.3, -0.25) is 14.9 Å². The lowest BCUT2D eigenvalue weighted by Gasteiger charge is -2.23. The maximum atomic E-state index is 13.0. The third-order valence-corrected chi connectivity index (χ3v) is 5.96. The van der Waals surface area contributed by atoms with Crippen LogP contribution in [0.25, 0.3) is 10.6 Å². The molecule has 9 heteroatoms. The van der Waals surface area contributed by atoms with Crippen LogP contribution in [-0.4, -0.2) is 35.2 Å². The van der Waals surface area contributed by atoms with Gasteiger partial charge in [0.25, 0.3) is 5.91 Å². The highest BCUT2D eigenvalue weighted by atomic mass is 35.5. The number of nitrogens with zero attached hydrogens (tertiary/aromatic N) is 2. The third-order valence-electron chi connectivity index (χ3n) is 4.84.